The van der Waals surface area contributed by atoms with E-state index in [1.54, 1.807) is 0 Å². The topological polar surface area (TPSA) is 80.5 Å². The highest BCUT2D eigenvalue weighted by atomic mass is 127. The second-order valence-electron chi connectivity index (χ2n) is 8.02. The van der Waals surface area contributed by atoms with Gasteiger partial charge in [0.1, 0.15) is 3.70 Å². The van der Waals surface area contributed by atoms with E-state index in [4.69, 9.17) is 4.74 Å². The number of nitrogens with zero attached hydrogens (tertiary/aromatic N) is 3. The van der Waals surface area contributed by atoms with Gasteiger partial charge in [-0.3, -0.25) is 4.79 Å². The molecule has 0 bridgehead atoms. The Morgan fingerprint density at radius 1 is 1.17 bits per heavy atom. The second-order valence-corrected chi connectivity index (χ2v) is 9.13. The number of carbonyl (C=O) groups is 1. The fourth-order valence-corrected chi connectivity index (χ4v) is 4.29. The Balaban J connectivity index is 1.38. The number of anilines is 1. The zero-order valence-corrected chi connectivity index (χ0v) is 18.8. The molecule has 2 N–H and O–H groups in total. The van der Waals surface area contributed by atoms with Crippen molar-refractivity contribution in [1.29, 1.82) is 0 Å². The van der Waals surface area contributed by atoms with E-state index in [1.807, 2.05) is 41.0 Å². The predicted molar refractivity (Wildman–Crippen MR) is 124 cm³/mol. The van der Waals surface area contributed by atoms with Crippen molar-refractivity contribution in [3.8, 4) is 11.3 Å². The molecule has 1 saturated heterocycles. The van der Waals surface area contributed by atoms with Gasteiger partial charge in [0.2, 0.25) is 0 Å². The van der Waals surface area contributed by atoms with Gasteiger partial charge in [-0.1, -0.05) is 12.1 Å². The number of nitrogens with one attached hydrogen (secondary N) is 2. The minimum absolute atomic E-state index is 0.00513. The summed E-state index contributed by atoms with van der Waals surface area (Å²) in [5.74, 6) is 0.614. The molecule has 3 aromatic rings. The number of ether oxygens (including phenoxy) is 1. The Bertz CT molecular complexity index is 1060. The summed E-state index contributed by atoms with van der Waals surface area (Å²) in [5.41, 5.74) is 4.38. The summed E-state index contributed by atoms with van der Waals surface area (Å²) in [6.07, 6.45) is 6.19. The minimum atomic E-state index is -0.00513. The van der Waals surface area contributed by atoms with Crippen LogP contribution in [-0.4, -0.2) is 46.3 Å². The van der Waals surface area contributed by atoms with Gasteiger partial charge in [-0.2, -0.15) is 5.10 Å². The first-order valence-corrected chi connectivity index (χ1v) is 11.5. The van der Waals surface area contributed by atoms with E-state index in [2.05, 4.69) is 43.3 Å². The summed E-state index contributed by atoms with van der Waals surface area (Å²) in [6, 6.07) is 10.0. The highest BCUT2D eigenvalue weighted by molar-refractivity contribution is 14.1. The molecule has 1 aromatic carbocycles. The van der Waals surface area contributed by atoms with E-state index in [0.29, 0.717) is 17.5 Å². The van der Waals surface area contributed by atoms with Gasteiger partial charge in [0.15, 0.2) is 5.65 Å². The first kappa shape index (κ1) is 19.7. The molecule has 5 rings (SSSR count). The lowest BCUT2D eigenvalue weighted by Crippen LogP contribution is -2.25. The lowest BCUT2D eigenvalue weighted by atomic mass is 10.0. The van der Waals surface area contributed by atoms with Crippen LogP contribution >= 0.6 is 22.6 Å². The fourth-order valence-electron chi connectivity index (χ4n) is 3.76. The average molecular weight is 517 g/mol. The zero-order chi connectivity index (χ0) is 20.5. The van der Waals surface area contributed by atoms with Crippen LogP contribution < -0.4 is 10.6 Å². The molecule has 1 aliphatic carbocycles. The van der Waals surface area contributed by atoms with Crippen molar-refractivity contribution in [2.24, 2.45) is 5.92 Å². The molecular weight excluding hydrogens is 493 g/mol. The van der Waals surface area contributed by atoms with Crippen molar-refractivity contribution < 1.29 is 9.53 Å². The predicted octanol–water partition coefficient (Wildman–Crippen LogP) is 3.73. The molecule has 0 spiro atoms. The Morgan fingerprint density at radius 3 is 2.67 bits per heavy atom. The van der Waals surface area contributed by atoms with E-state index in [0.717, 1.165) is 71.7 Å². The largest absolute Gasteiger partial charge is 0.382 e. The highest BCUT2D eigenvalue weighted by Gasteiger charge is 2.24. The molecule has 2 aromatic heterocycles. The van der Waals surface area contributed by atoms with Gasteiger partial charge in [0.25, 0.3) is 5.91 Å². The number of rotatable bonds is 6. The van der Waals surface area contributed by atoms with Gasteiger partial charge in [-0.15, -0.1) is 0 Å². The SMILES string of the molecule is O=C(NC1CC1)c1ccc(-c2cnc3c(NCC4CCOCC4)cc(I)nn23)cc1. The lowest BCUT2D eigenvalue weighted by molar-refractivity contribution is 0.0699. The summed E-state index contributed by atoms with van der Waals surface area (Å²) < 4.78 is 8.24. The van der Waals surface area contributed by atoms with Crippen LogP contribution in [0.2, 0.25) is 0 Å². The molecular formula is C22H24IN5O2. The maximum absolute atomic E-state index is 12.2. The average Bonchev–Trinajstić information content (AvgIpc) is 3.48. The molecule has 0 unspecified atom stereocenters. The second kappa shape index (κ2) is 8.50. The number of hydrogen-bond acceptors (Lipinski definition) is 5. The standard InChI is InChI=1S/C22H24IN5O2/c23-20-11-18(24-12-14-7-9-30-10-8-14)21-25-13-19(28(21)27-20)15-1-3-16(4-2-15)22(29)26-17-5-6-17/h1-4,11,13-14,17,24H,5-10,12H2,(H,26,29). The normalized spacial score (nSPS) is 17.2. The van der Waals surface area contributed by atoms with E-state index in [9.17, 15) is 4.79 Å². The van der Waals surface area contributed by atoms with Gasteiger partial charge in [0, 0.05) is 36.9 Å². The monoisotopic (exact) mass is 517 g/mol. The molecule has 1 amide bonds. The molecule has 30 heavy (non-hydrogen) atoms. The molecule has 7 nitrogen and oxygen atoms in total. The molecule has 2 fully saturated rings. The molecule has 156 valence electrons. The van der Waals surface area contributed by atoms with Crippen LogP contribution in [0.1, 0.15) is 36.0 Å². The van der Waals surface area contributed by atoms with Gasteiger partial charge < -0.3 is 15.4 Å². The highest BCUT2D eigenvalue weighted by Crippen LogP contribution is 2.26. The van der Waals surface area contributed by atoms with Crippen LogP contribution in [0.5, 0.6) is 0 Å². The van der Waals surface area contributed by atoms with E-state index < -0.39 is 0 Å². The zero-order valence-electron chi connectivity index (χ0n) is 16.6. The van der Waals surface area contributed by atoms with Crippen molar-refractivity contribution in [3.63, 3.8) is 0 Å². The van der Waals surface area contributed by atoms with Crippen molar-refractivity contribution in [3.05, 3.63) is 45.8 Å². The van der Waals surface area contributed by atoms with Gasteiger partial charge in [-0.25, -0.2) is 9.50 Å². The smallest absolute Gasteiger partial charge is 0.251 e. The first-order valence-electron chi connectivity index (χ1n) is 10.4. The third-order valence-corrected chi connectivity index (χ3v) is 6.24. The number of amides is 1. The number of hydrogen-bond donors (Lipinski definition) is 2. The number of carbonyl (C=O) groups excluding carboxylic acids is 1. The van der Waals surface area contributed by atoms with Gasteiger partial charge in [-0.05, 0) is 72.4 Å². The Hall–Kier alpha value is -2.20. The van der Waals surface area contributed by atoms with E-state index >= 15 is 0 Å². The van der Waals surface area contributed by atoms with Crippen LogP contribution in [0, 0.1) is 9.62 Å². The number of imidazole rings is 1. The molecule has 8 heteroatoms. The minimum Gasteiger partial charge on any atom is -0.382 e. The third-order valence-electron chi connectivity index (χ3n) is 5.72. The maximum atomic E-state index is 12.2. The molecule has 0 atom stereocenters. The number of benzene rings is 1. The van der Waals surface area contributed by atoms with Crippen molar-refractivity contribution in [2.45, 2.75) is 31.7 Å². The first-order chi connectivity index (χ1) is 14.7. The van der Waals surface area contributed by atoms with Crippen LogP contribution in [0.3, 0.4) is 0 Å². The van der Waals surface area contributed by atoms with E-state index in [1.165, 1.54) is 0 Å². The maximum Gasteiger partial charge on any atom is 0.251 e. The number of aromatic nitrogens is 3. The Morgan fingerprint density at radius 2 is 1.93 bits per heavy atom. The van der Waals surface area contributed by atoms with E-state index in [-0.39, 0.29) is 5.91 Å². The third kappa shape index (κ3) is 4.29. The summed E-state index contributed by atoms with van der Waals surface area (Å²) in [4.78, 5) is 16.9. The summed E-state index contributed by atoms with van der Waals surface area (Å²) in [6.45, 7) is 2.60. The van der Waals surface area contributed by atoms with Crippen LogP contribution in [0.15, 0.2) is 36.5 Å². The number of halogens is 1. The Kier molecular flexibility index (Phi) is 5.60. The molecule has 0 radical (unpaired) electrons. The van der Waals surface area contributed by atoms with Gasteiger partial charge >= 0.3 is 0 Å². The Labute approximate surface area is 188 Å². The summed E-state index contributed by atoms with van der Waals surface area (Å²) in [7, 11) is 0. The number of fused-ring (bicyclic) bond motifs is 1. The van der Waals surface area contributed by atoms with Crippen molar-refractivity contribution >= 4 is 39.8 Å². The summed E-state index contributed by atoms with van der Waals surface area (Å²) >= 11 is 2.24. The van der Waals surface area contributed by atoms with Gasteiger partial charge in [0.05, 0.1) is 17.6 Å². The lowest BCUT2D eigenvalue weighted by Gasteiger charge is -2.22. The van der Waals surface area contributed by atoms with Crippen molar-refractivity contribution in [2.75, 3.05) is 25.1 Å². The quantitative estimate of drug-likeness (QED) is 0.488. The fraction of sp³-hybridized carbons (Fsp3) is 0.409. The molecule has 1 saturated carbocycles. The van der Waals surface area contributed by atoms with Crippen molar-refractivity contribution in [1.82, 2.24) is 19.9 Å². The molecule has 3 heterocycles. The molecule has 2 aliphatic rings. The molecule has 1 aliphatic heterocycles. The van der Waals surface area contributed by atoms with Crippen LogP contribution in [0.25, 0.3) is 16.9 Å². The van der Waals surface area contributed by atoms with Crippen LogP contribution in [0.4, 0.5) is 5.69 Å². The van der Waals surface area contributed by atoms with Crippen LogP contribution in [-0.2, 0) is 4.74 Å². The summed E-state index contributed by atoms with van der Waals surface area (Å²) in [5, 5.41) is 11.3.